The number of ether oxygens (including phenoxy) is 1. The smallest absolute Gasteiger partial charge is 0.263 e. The molecule has 1 amide bonds. The third-order valence-electron chi connectivity index (χ3n) is 2.66. The summed E-state index contributed by atoms with van der Waals surface area (Å²) < 4.78 is 5.29. The Labute approximate surface area is 118 Å². The van der Waals surface area contributed by atoms with Crippen LogP contribution in [0.4, 0.5) is 10.7 Å². The fourth-order valence-electron chi connectivity index (χ4n) is 1.61. The summed E-state index contributed by atoms with van der Waals surface area (Å²) in [5.74, 6) is 0.439. The molecule has 1 rings (SSSR count). The van der Waals surface area contributed by atoms with Gasteiger partial charge in [0.15, 0.2) is 5.75 Å². The van der Waals surface area contributed by atoms with E-state index in [4.69, 9.17) is 10.5 Å². The van der Waals surface area contributed by atoms with Gasteiger partial charge in [0.2, 0.25) is 0 Å². The Morgan fingerprint density at radius 1 is 1.32 bits per heavy atom. The standard InChI is InChI=1S/C13H23N3O2S/c1-4-6-8-16-13-10(18-3)9(14)11(19-13)12(17)15-7-5-2/h16H,4-8,14H2,1-3H3,(H,15,17). The summed E-state index contributed by atoms with van der Waals surface area (Å²) in [6, 6.07) is 0. The second-order valence-electron chi connectivity index (χ2n) is 4.24. The SMILES string of the molecule is CCCCNc1sc(C(=O)NCCC)c(N)c1OC. The molecule has 0 aliphatic heterocycles. The molecule has 0 aliphatic rings. The first kappa shape index (κ1) is 15.6. The average molecular weight is 285 g/mol. The molecule has 0 saturated carbocycles. The summed E-state index contributed by atoms with van der Waals surface area (Å²) in [7, 11) is 1.57. The first-order valence-corrected chi connectivity index (χ1v) is 7.45. The van der Waals surface area contributed by atoms with Crippen LogP contribution in [0.3, 0.4) is 0 Å². The topological polar surface area (TPSA) is 76.4 Å². The Hall–Kier alpha value is -1.43. The molecule has 1 heterocycles. The van der Waals surface area contributed by atoms with Crippen LogP contribution in [-0.4, -0.2) is 26.1 Å². The summed E-state index contributed by atoms with van der Waals surface area (Å²) in [6.07, 6.45) is 3.08. The van der Waals surface area contributed by atoms with Crippen molar-refractivity contribution in [1.82, 2.24) is 5.32 Å². The van der Waals surface area contributed by atoms with Gasteiger partial charge >= 0.3 is 0 Å². The third-order valence-corrected chi connectivity index (χ3v) is 3.80. The largest absolute Gasteiger partial charge is 0.492 e. The molecule has 4 N–H and O–H groups in total. The quantitative estimate of drug-likeness (QED) is 0.642. The Morgan fingerprint density at radius 2 is 2.05 bits per heavy atom. The van der Waals surface area contributed by atoms with Gasteiger partial charge in [0.05, 0.1) is 7.11 Å². The predicted molar refractivity (Wildman–Crippen MR) is 81.3 cm³/mol. The van der Waals surface area contributed by atoms with Gasteiger partial charge in [0.1, 0.15) is 15.6 Å². The molecule has 1 aromatic rings. The molecule has 0 unspecified atom stereocenters. The van der Waals surface area contributed by atoms with Gasteiger partial charge in [-0.1, -0.05) is 20.3 Å². The number of thiophene rings is 1. The lowest BCUT2D eigenvalue weighted by molar-refractivity contribution is 0.0958. The van der Waals surface area contributed by atoms with Crippen LogP contribution in [0.25, 0.3) is 0 Å². The summed E-state index contributed by atoms with van der Waals surface area (Å²) in [5.41, 5.74) is 6.39. The second kappa shape index (κ2) is 7.89. The summed E-state index contributed by atoms with van der Waals surface area (Å²) in [4.78, 5) is 12.5. The lowest BCUT2D eigenvalue weighted by Crippen LogP contribution is -2.23. The minimum absolute atomic E-state index is 0.133. The van der Waals surface area contributed by atoms with E-state index in [1.54, 1.807) is 7.11 Å². The fourth-order valence-corrected chi connectivity index (χ4v) is 2.65. The number of nitrogens with one attached hydrogen (secondary N) is 2. The number of nitrogens with two attached hydrogens (primary N) is 1. The van der Waals surface area contributed by atoms with E-state index in [1.807, 2.05) is 6.92 Å². The molecule has 1 aromatic heterocycles. The molecular weight excluding hydrogens is 262 g/mol. The highest BCUT2D eigenvalue weighted by Crippen LogP contribution is 2.42. The maximum Gasteiger partial charge on any atom is 0.263 e. The van der Waals surface area contributed by atoms with Gasteiger partial charge in [-0.05, 0) is 12.8 Å². The van der Waals surface area contributed by atoms with Crippen molar-refractivity contribution in [1.29, 1.82) is 0 Å². The molecular formula is C13H23N3O2S. The van der Waals surface area contributed by atoms with Crippen molar-refractivity contribution in [2.75, 3.05) is 31.2 Å². The van der Waals surface area contributed by atoms with Gasteiger partial charge in [0.25, 0.3) is 5.91 Å². The fraction of sp³-hybridized carbons (Fsp3) is 0.615. The first-order chi connectivity index (χ1) is 9.15. The Bertz CT molecular complexity index is 418. The summed E-state index contributed by atoms with van der Waals surface area (Å²) >= 11 is 1.35. The highest BCUT2D eigenvalue weighted by Gasteiger charge is 2.21. The molecule has 0 aliphatic carbocycles. The van der Waals surface area contributed by atoms with E-state index in [0.717, 1.165) is 30.8 Å². The number of hydrogen-bond acceptors (Lipinski definition) is 5. The zero-order chi connectivity index (χ0) is 14.3. The monoisotopic (exact) mass is 285 g/mol. The van der Waals surface area contributed by atoms with Crippen LogP contribution in [0.5, 0.6) is 5.75 Å². The van der Waals surface area contributed by atoms with E-state index in [2.05, 4.69) is 17.6 Å². The molecule has 0 aromatic carbocycles. The number of unbranched alkanes of at least 4 members (excludes halogenated alkanes) is 1. The third kappa shape index (κ3) is 4.02. The minimum Gasteiger partial charge on any atom is -0.492 e. The number of hydrogen-bond donors (Lipinski definition) is 3. The van der Waals surface area contributed by atoms with Gasteiger partial charge in [-0.3, -0.25) is 4.79 Å². The lowest BCUT2D eigenvalue weighted by atomic mass is 10.3. The maximum absolute atomic E-state index is 12.0. The van der Waals surface area contributed by atoms with Crippen LogP contribution < -0.4 is 21.1 Å². The van der Waals surface area contributed by atoms with Crippen LogP contribution in [0, 0.1) is 0 Å². The Morgan fingerprint density at radius 3 is 2.63 bits per heavy atom. The van der Waals surface area contributed by atoms with Gasteiger partial charge in [-0.15, -0.1) is 11.3 Å². The highest BCUT2D eigenvalue weighted by atomic mass is 32.1. The van der Waals surface area contributed by atoms with E-state index in [1.165, 1.54) is 11.3 Å². The van der Waals surface area contributed by atoms with Crippen molar-refractivity contribution < 1.29 is 9.53 Å². The van der Waals surface area contributed by atoms with E-state index in [0.29, 0.717) is 22.9 Å². The van der Waals surface area contributed by atoms with Crippen LogP contribution >= 0.6 is 11.3 Å². The van der Waals surface area contributed by atoms with Crippen LogP contribution in [0.1, 0.15) is 42.8 Å². The van der Waals surface area contributed by atoms with E-state index in [9.17, 15) is 4.79 Å². The number of carbonyl (C=O) groups excluding carboxylic acids is 1. The normalized spacial score (nSPS) is 10.3. The van der Waals surface area contributed by atoms with Gasteiger partial charge < -0.3 is 21.1 Å². The van der Waals surface area contributed by atoms with Crippen LogP contribution in [0.15, 0.2) is 0 Å². The van der Waals surface area contributed by atoms with Gasteiger partial charge in [-0.25, -0.2) is 0 Å². The van der Waals surface area contributed by atoms with Crippen molar-refractivity contribution in [3.8, 4) is 5.75 Å². The molecule has 19 heavy (non-hydrogen) atoms. The number of nitrogen functional groups attached to an aromatic ring is 1. The maximum atomic E-state index is 12.0. The Balaban J connectivity index is 2.85. The van der Waals surface area contributed by atoms with Crippen molar-refractivity contribution in [3.63, 3.8) is 0 Å². The second-order valence-corrected chi connectivity index (χ2v) is 5.26. The number of methoxy groups -OCH3 is 1. The number of rotatable bonds is 8. The Kier molecular flexibility index (Phi) is 6.49. The minimum atomic E-state index is -0.133. The molecule has 0 radical (unpaired) electrons. The molecule has 0 spiro atoms. The lowest BCUT2D eigenvalue weighted by Gasteiger charge is -2.05. The molecule has 0 saturated heterocycles. The summed E-state index contributed by atoms with van der Waals surface area (Å²) in [5, 5.41) is 6.93. The van der Waals surface area contributed by atoms with Crippen molar-refractivity contribution >= 4 is 27.9 Å². The zero-order valence-electron chi connectivity index (χ0n) is 11.8. The molecule has 0 atom stereocenters. The van der Waals surface area contributed by atoms with E-state index >= 15 is 0 Å². The van der Waals surface area contributed by atoms with Crippen molar-refractivity contribution in [2.24, 2.45) is 0 Å². The van der Waals surface area contributed by atoms with Crippen molar-refractivity contribution in [3.05, 3.63) is 4.88 Å². The summed E-state index contributed by atoms with van der Waals surface area (Å²) in [6.45, 7) is 5.64. The predicted octanol–water partition coefficient (Wildman–Crippen LogP) is 2.69. The molecule has 0 bridgehead atoms. The molecule has 6 heteroatoms. The molecule has 0 fully saturated rings. The first-order valence-electron chi connectivity index (χ1n) is 6.63. The average Bonchev–Trinajstić information content (AvgIpc) is 2.72. The van der Waals surface area contributed by atoms with E-state index < -0.39 is 0 Å². The molecule has 5 nitrogen and oxygen atoms in total. The number of anilines is 2. The zero-order valence-corrected chi connectivity index (χ0v) is 12.7. The highest BCUT2D eigenvalue weighted by molar-refractivity contribution is 7.19. The van der Waals surface area contributed by atoms with Gasteiger partial charge in [0, 0.05) is 13.1 Å². The van der Waals surface area contributed by atoms with Gasteiger partial charge in [-0.2, -0.15) is 0 Å². The number of carbonyl (C=O) groups is 1. The van der Waals surface area contributed by atoms with Crippen molar-refractivity contribution in [2.45, 2.75) is 33.1 Å². The van der Waals surface area contributed by atoms with Crippen LogP contribution in [0.2, 0.25) is 0 Å². The van der Waals surface area contributed by atoms with Crippen LogP contribution in [-0.2, 0) is 0 Å². The number of amides is 1. The van der Waals surface area contributed by atoms with E-state index in [-0.39, 0.29) is 5.91 Å². The molecule has 108 valence electrons.